The number of halogens is 1. The molecule has 1 heterocycles. The first kappa shape index (κ1) is 12.0. The van der Waals surface area contributed by atoms with E-state index in [1.807, 2.05) is 12.2 Å². The molecule has 1 aliphatic rings. The van der Waals surface area contributed by atoms with Gasteiger partial charge in [-0.05, 0) is 25.5 Å². The molecule has 0 spiro atoms. The summed E-state index contributed by atoms with van der Waals surface area (Å²) in [5, 5.41) is 3.58. The predicted molar refractivity (Wildman–Crippen MR) is 68.6 cm³/mol. The Balaban J connectivity index is 2.23. The maximum atomic E-state index is 13.4. The van der Waals surface area contributed by atoms with Gasteiger partial charge in [-0.15, -0.1) is 0 Å². The maximum absolute atomic E-state index is 13.4. The van der Waals surface area contributed by atoms with Crippen LogP contribution in [0.5, 0.6) is 0 Å². The Morgan fingerprint density at radius 3 is 3.24 bits per heavy atom. The van der Waals surface area contributed by atoms with Gasteiger partial charge in [0, 0.05) is 6.42 Å². The number of ketones is 1. The van der Waals surface area contributed by atoms with Gasteiger partial charge < -0.3 is 5.32 Å². The zero-order chi connectivity index (χ0) is 12.3. The number of carbonyl (C=O) groups is 1. The van der Waals surface area contributed by atoms with Crippen molar-refractivity contribution in [2.45, 2.75) is 19.8 Å². The number of carbonyl (C=O) groups excluding carboxylic acids is 1. The number of nitrogens with zero attached hydrogens (tertiary/aromatic N) is 1. The van der Waals surface area contributed by atoms with Crippen molar-refractivity contribution in [3.05, 3.63) is 22.5 Å². The van der Waals surface area contributed by atoms with Crippen molar-refractivity contribution in [2.75, 3.05) is 11.9 Å². The lowest BCUT2D eigenvalue weighted by Crippen LogP contribution is -2.09. The molecule has 17 heavy (non-hydrogen) atoms. The summed E-state index contributed by atoms with van der Waals surface area (Å²) in [5.41, 5.74) is 0.760. The molecule has 0 fully saturated rings. The molecular formula is C12H13FN2OS. The van der Waals surface area contributed by atoms with Crippen LogP contribution in [0, 0.1) is 0 Å². The molecule has 1 aromatic heterocycles. The summed E-state index contributed by atoms with van der Waals surface area (Å²) >= 11 is 1.36. The van der Waals surface area contributed by atoms with E-state index in [2.05, 4.69) is 10.3 Å². The highest BCUT2D eigenvalue weighted by molar-refractivity contribution is 7.16. The Hall–Kier alpha value is -1.49. The number of hydrogen-bond acceptors (Lipinski definition) is 4. The van der Waals surface area contributed by atoms with Gasteiger partial charge in [0.15, 0.2) is 5.13 Å². The van der Waals surface area contributed by atoms with Crippen molar-refractivity contribution >= 4 is 34.4 Å². The molecule has 1 N–H and O–H groups in total. The van der Waals surface area contributed by atoms with Gasteiger partial charge in [-0.1, -0.05) is 17.4 Å². The third-order valence-corrected chi connectivity index (χ3v) is 3.26. The minimum absolute atomic E-state index is 0.0462. The van der Waals surface area contributed by atoms with Crippen LogP contribution in [0.2, 0.25) is 0 Å². The first-order valence-corrected chi connectivity index (χ1v) is 6.23. The van der Waals surface area contributed by atoms with E-state index in [0.29, 0.717) is 18.0 Å². The van der Waals surface area contributed by atoms with Crippen molar-refractivity contribution < 1.29 is 9.18 Å². The van der Waals surface area contributed by atoms with E-state index in [4.69, 9.17) is 0 Å². The van der Waals surface area contributed by atoms with Crippen LogP contribution in [-0.4, -0.2) is 17.3 Å². The number of hydrogen-bond donors (Lipinski definition) is 1. The predicted octanol–water partition coefficient (Wildman–Crippen LogP) is 3.26. The third-order valence-electron chi connectivity index (χ3n) is 2.28. The number of allylic oxidation sites excluding steroid dienone is 2. The van der Waals surface area contributed by atoms with Crippen LogP contribution in [0.25, 0.3) is 12.2 Å². The summed E-state index contributed by atoms with van der Waals surface area (Å²) in [6.07, 6.45) is 6.46. The lowest BCUT2D eigenvalue weighted by atomic mass is 10.2. The molecule has 0 aromatic carbocycles. The van der Waals surface area contributed by atoms with Gasteiger partial charge in [0.25, 0.3) is 0 Å². The first-order chi connectivity index (χ1) is 8.15. The Morgan fingerprint density at radius 2 is 2.47 bits per heavy atom. The number of anilines is 1. The molecule has 5 heteroatoms. The van der Waals surface area contributed by atoms with Crippen LogP contribution in [0.15, 0.2) is 11.9 Å². The zero-order valence-corrected chi connectivity index (χ0v) is 10.3. The number of rotatable bonds is 3. The molecule has 0 unspecified atom stereocenters. The normalized spacial score (nSPS) is 17.6. The summed E-state index contributed by atoms with van der Waals surface area (Å²) < 4.78 is 13.4. The van der Waals surface area contributed by atoms with E-state index in [0.717, 1.165) is 10.6 Å². The molecule has 0 saturated heterocycles. The molecular weight excluding hydrogens is 239 g/mol. The lowest BCUT2D eigenvalue weighted by Gasteiger charge is -1.97. The highest BCUT2D eigenvalue weighted by Crippen LogP contribution is 2.29. The van der Waals surface area contributed by atoms with Crippen LogP contribution in [-0.2, 0) is 4.79 Å². The van der Waals surface area contributed by atoms with Gasteiger partial charge in [-0.25, -0.2) is 9.37 Å². The standard InChI is InChI=1S/C12H13FN2OS/c1-8(16)7-14-12-15-10-5-3-2-4-9(13)6-11(10)17-12/h3,5-6H,2,4,7H2,1H3,(H,14,15)/b5-3?,9-6+. The monoisotopic (exact) mass is 252 g/mol. The fraction of sp³-hybridized carbons (Fsp3) is 0.333. The van der Waals surface area contributed by atoms with E-state index < -0.39 is 0 Å². The Morgan fingerprint density at radius 1 is 1.65 bits per heavy atom. The van der Waals surface area contributed by atoms with Crippen LogP contribution in [0.1, 0.15) is 30.3 Å². The number of nitrogens with one attached hydrogen (secondary N) is 1. The van der Waals surface area contributed by atoms with Crippen molar-refractivity contribution in [1.82, 2.24) is 4.98 Å². The topological polar surface area (TPSA) is 42.0 Å². The smallest absolute Gasteiger partial charge is 0.184 e. The summed E-state index contributed by atoms with van der Waals surface area (Å²) in [4.78, 5) is 16.0. The lowest BCUT2D eigenvalue weighted by molar-refractivity contribution is -0.115. The molecule has 90 valence electrons. The van der Waals surface area contributed by atoms with Crippen molar-refractivity contribution in [2.24, 2.45) is 0 Å². The number of aromatic nitrogens is 1. The Bertz CT molecular complexity index is 491. The number of fused-ring (bicyclic) bond motifs is 1. The summed E-state index contributed by atoms with van der Waals surface area (Å²) in [6, 6.07) is 0. The van der Waals surface area contributed by atoms with E-state index in [1.54, 1.807) is 0 Å². The van der Waals surface area contributed by atoms with Crippen molar-refractivity contribution in [1.29, 1.82) is 0 Å². The minimum Gasteiger partial charge on any atom is -0.354 e. The van der Waals surface area contributed by atoms with Crippen LogP contribution >= 0.6 is 11.3 Å². The minimum atomic E-state index is -0.127. The first-order valence-electron chi connectivity index (χ1n) is 5.42. The third kappa shape index (κ3) is 3.23. The fourth-order valence-corrected chi connectivity index (χ4v) is 2.37. The maximum Gasteiger partial charge on any atom is 0.184 e. The molecule has 0 atom stereocenters. The van der Waals surface area contributed by atoms with Gasteiger partial charge in [0.1, 0.15) is 11.6 Å². The van der Waals surface area contributed by atoms with Crippen LogP contribution < -0.4 is 5.32 Å². The zero-order valence-electron chi connectivity index (χ0n) is 9.50. The van der Waals surface area contributed by atoms with Crippen molar-refractivity contribution in [3.63, 3.8) is 0 Å². The number of thiazole rings is 1. The van der Waals surface area contributed by atoms with Gasteiger partial charge in [0.05, 0.1) is 17.1 Å². The largest absolute Gasteiger partial charge is 0.354 e. The van der Waals surface area contributed by atoms with Gasteiger partial charge in [-0.2, -0.15) is 0 Å². The second-order valence-corrected chi connectivity index (χ2v) is 4.89. The SMILES string of the molecule is CC(=O)CNc1nc2c(s1)/C=C(/F)CCC=C2. The quantitative estimate of drug-likeness (QED) is 0.897. The van der Waals surface area contributed by atoms with E-state index in [1.165, 1.54) is 24.3 Å². The molecule has 0 radical (unpaired) electrons. The number of Topliss-reactive ketones (excluding diaryl/α,β-unsaturated/α-hetero) is 1. The average molecular weight is 252 g/mol. The van der Waals surface area contributed by atoms with Gasteiger partial charge in [-0.3, -0.25) is 4.79 Å². The second kappa shape index (κ2) is 5.23. The van der Waals surface area contributed by atoms with Crippen molar-refractivity contribution in [3.8, 4) is 0 Å². The summed E-state index contributed by atoms with van der Waals surface area (Å²) in [6.45, 7) is 1.76. The molecule has 2 rings (SSSR count). The van der Waals surface area contributed by atoms with Crippen LogP contribution in [0.4, 0.5) is 9.52 Å². The van der Waals surface area contributed by atoms with E-state index in [9.17, 15) is 9.18 Å². The molecule has 0 saturated carbocycles. The Labute approximate surface area is 103 Å². The van der Waals surface area contributed by atoms with Crippen LogP contribution in [0.3, 0.4) is 0 Å². The average Bonchev–Trinajstić information content (AvgIpc) is 2.61. The molecule has 1 aromatic rings. The molecule has 0 aliphatic heterocycles. The van der Waals surface area contributed by atoms with Gasteiger partial charge >= 0.3 is 0 Å². The fourth-order valence-electron chi connectivity index (χ4n) is 1.47. The molecule has 3 nitrogen and oxygen atoms in total. The van der Waals surface area contributed by atoms with E-state index >= 15 is 0 Å². The highest BCUT2D eigenvalue weighted by Gasteiger charge is 2.10. The summed E-state index contributed by atoms with van der Waals surface area (Å²) in [5.74, 6) is -0.0813. The summed E-state index contributed by atoms with van der Waals surface area (Å²) in [7, 11) is 0. The molecule has 1 aliphatic carbocycles. The highest BCUT2D eigenvalue weighted by atomic mass is 32.1. The second-order valence-electron chi connectivity index (χ2n) is 3.86. The van der Waals surface area contributed by atoms with Gasteiger partial charge in [0.2, 0.25) is 0 Å². The molecule has 0 bridgehead atoms. The Kier molecular flexibility index (Phi) is 3.68. The van der Waals surface area contributed by atoms with E-state index in [-0.39, 0.29) is 18.2 Å². The molecule has 0 amide bonds.